The van der Waals surface area contributed by atoms with Crippen LogP contribution in [0.25, 0.3) is 11.1 Å². The van der Waals surface area contributed by atoms with E-state index in [0.717, 1.165) is 0 Å². The maximum absolute atomic E-state index is 12.0. The highest BCUT2D eigenvalue weighted by Gasteiger charge is 2.18. The molecule has 0 amide bonds. The summed E-state index contributed by atoms with van der Waals surface area (Å²) in [6.07, 6.45) is -0.412. The van der Waals surface area contributed by atoms with Gasteiger partial charge in [0.2, 0.25) is 0 Å². The average molecular weight is 342 g/mol. The summed E-state index contributed by atoms with van der Waals surface area (Å²) < 4.78 is 21.8. The topological polar surface area (TPSA) is 93.6 Å². The standard InChI is InChI=1S/C18H18N2O5/c1-11-7-13(14(9-19)18(21)20-11)12-3-4-15(22-2)16(8-12)25-10-17-23-5-6-24-17/h3-4,7-8,17H,5-6,10H2,1-2H3,(H,20,21). The van der Waals surface area contributed by atoms with Gasteiger partial charge in [-0.1, -0.05) is 6.07 Å². The lowest BCUT2D eigenvalue weighted by molar-refractivity contribution is -0.0687. The zero-order valence-electron chi connectivity index (χ0n) is 14.0. The molecular formula is C18H18N2O5. The fraction of sp³-hybridized carbons (Fsp3) is 0.333. The predicted octanol–water partition coefficient (Wildman–Crippen LogP) is 1.98. The summed E-state index contributed by atoms with van der Waals surface area (Å²) in [5.41, 5.74) is 1.55. The van der Waals surface area contributed by atoms with E-state index in [9.17, 15) is 10.1 Å². The Balaban J connectivity index is 1.96. The lowest BCUT2D eigenvalue weighted by atomic mass is 10.0. The van der Waals surface area contributed by atoms with Crippen LogP contribution in [0, 0.1) is 18.3 Å². The highest BCUT2D eigenvalue weighted by Crippen LogP contribution is 2.33. The van der Waals surface area contributed by atoms with Crippen molar-refractivity contribution in [2.24, 2.45) is 0 Å². The molecule has 0 saturated carbocycles. The fourth-order valence-corrected chi connectivity index (χ4v) is 2.65. The largest absolute Gasteiger partial charge is 0.493 e. The van der Waals surface area contributed by atoms with Gasteiger partial charge in [0.25, 0.3) is 5.56 Å². The van der Waals surface area contributed by atoms with Crippen LogP contribution in [0.4, 0.5) is 0 Å². The number of aromatic amines is 1. The number of hydrogen-bond acceptors (Lipinski definition) is 6. The van der Waals surface area contributed by atoms with Gasteiger partial charge < -0.3 is 23.9 Å². The minimum absolute atomic E-state index is 0.0594. The lowest BCUT2D eigenvalue weighted by Crippen LogP contribution is -2.18. The minimum Gasteiger partial charge on any atom is -0.493 e. The molecule has 1 aromatic carbocycles. The second-order valence-electron chi connectivity index (χ2n) is 5.53. The minimum atomic E-state index is -0.413. The van der Waals surface area contributed by atoms with Gasteiger partial charge in [-0.15, -0.1) is 0 Å². The molecule has 0 atom stereocenters. The number of nitrogens with zero attached hydrogens (tertiary/aromatic N) is 1. The first-order valence-corrected chi connectivity index (χ1v) is 7.81. The first-order chi connectivity index (χ1) is 12.1. The molecule has 1 saturated heterocycles. The molecule has 1 aliphatic rings. The molecule has 0 spiro atoms. The Hall–Kier alpha value is -2.82. The van der Waals surface area contributed by atoms with E-state index in [1.807, 2.05) is 6.07 Å². The van der Waals surface area contributed by atoms with Gasteiger partial charge in [-0.05, 0) is 30.7 Å². The number of aryl methyl sites for hydroxylation is 1. The number of hydrogen-bond donors (Lipinski definition) is 1. The van der Waals surface area contributed by atoms with Gasteiger partial charge in [-0.25, -0.2) is 0 Å². The molecule has 0 aliphatic carbocycles. The van der Waals surface area contributed by atoms with Crippen LogP contribution < -0.4 is 15.0 Å². The molecule has 0 radical (unpaired) electrons. The molecule has 1 N–H and O–H groups in total. The SMILES string of the molecule is COc1ccc(-c2cc(C)[nH]c(=O)c2C#N)cc1OCC1OCCO1. The van der Waals surface area contributed by atoms with Gasteiger partial charge in [0.15, 0.2) is 17.8 Å². The molecule has 1 aromatic heterocycles. The number of rotatable bonds is 5. The van der Waals surface area contributed by atoms with Gasteiger partial charge in [-0.3, -0.25) is 4.79 Å². The van der Waals surface area contributed by atoms with Crippen molar-refractivity contribution in [1.82, 2.24) is 4.98 Å². The van der Waals surface area contributed by atoms with E-state index < -0.39 is 11.8 Å². The van der Waals surface area contributed by atoms with E-state index in [2.05, 4.69) is 4.98 Å². The molecule has 2 heterocycles. The van der Waals surface area contributed by atoms with Gasteiger partial charge in [-0.2, -0.15) is 5.26 Å². The van der Waals surface area contributed by atoms with E-state index in [-0.39, 0.29) is 12.2 Å². The quantitative estimate of drug-likeness (QED) is 0.893. The number of nitriles is 1. The molecule has 7 nitrogen and oxygen atoms in total. The third-order valence-corrected chi connectivity index (χ3v) is 3.82. The highest BCUT2D eigenvalue weighted by atomic mass is 16.7. The third-order valence-electron chi connectivity index (χ3n) is 3.82. The summed E-state index contributed by atoms with van der Waals surface area (Å²) in [4.78, 5) is 14.6. The number of pyridine rings is 1. The normalized spacial score (nSPS) is 14.3. The molecule has 0 bridgehead atoms. The van der Waals surface area contributed by atoms with Crippen LogP contribution >= 0.6 is 0 Å². The summed E-state index contributed by atoms with van der Waals surface area (Å²) in [5.74, 6) is 1.03. The van der Waals surface area contributed by atoms with Crippen molar-refractivity contribution in [2.45, 2.75) is 13.2 Å². The zero-order chi connectivity index (χ0) is 17.8. The van der Waals surface area contributed by atoms with Crippen molar-refractivity contribution in [3.63, 3.8) is 0 Å². The Bertz CT molecular complexity index is 863. The van der Waals surface area contributed by atoms with Crippen molar-refractivity contribution in [2.75, 3.05) is 26.9 Å². The van der Waals surface area contributed by atoms with E-state index in [1.165, 1.54) is 0 Å². The molecular weight excluding hydrogens is 324 g/mol. The van der Waals surface area contributed by atoms with E-state index in [0.29, 0.717) is 41.5 Å². The van der Waals surface area contributed by atoms with Gasteiger partial charge in [0, 0.05) is 11.3 Å². The van der Waals surface area contributed by atoms with E-state index in [1.54, 1.807) is 38.3 Å². The third kappa shape index (κ3) is 3.65. The van der Waals surface area contributed by atoms with E-state index in [4.69, 9.17) is 18.9 Å². The van der Waals surface area contributed by atoms with Crippen LogP contribution in [0.2, 0.25) is 0 Å². The van der Waals surface area contributed by atoms with Crippen molar-refractivity contribution in [3.8, 4) is 28.7 Å². The highest BCUT2D eigenvalue weighted by molar-refractivity contribution is 5.72. The zero-order valence-corrected chi connectivity index (χ0v) is 14.0. The molecule has 1 aliphatic heterocycles. The Morgan fingerprint density at radius 3 is 2.72 bits per heavy atom. The number of nitrogens with one attached hydrogen (secondary N) is 1. The van der Waals surface area contributed by atoms with Crippen LogP contribution in [-0.2, 0) is 9.47 Å². The number of methoxy groups -OCH3 is 1. The Morgan fingerprint density at radius 2 is 2.04 bits per heavy atom. The first kappa shape index (κ1) is 17.0. The molecule has 3 rings (SSSR count). The van der Waals surface area contributed by atoms with Crippen LogP contribution in [0.15, 0.2) is 29.1 Å². The number of aromatic nitrogens is 1. The molecule has 130 valence electrons. The first-order valence-electron chi connectivity index (χ1n) is 7.81. The van der Waals surface area contributed by atoms with Gasteiger partial charge in [0.1, 0.15) is 18.2 Å². The average Bonchev–Trinajstić information content (AvgIpc) is 3.12. The molecule has 25 heavy (non-hydrogen) atoms. The van der Waals surface area contributed by atoms with Crippen LogP contribution in [0.1, 0.15) is 11.3 Å². The maximum atomic E-state index is 12.0. The summed E-state index contributed by atoms with van der Waals surface area (Å²) in [5, 5.41) is 9.31. The van der Waals surface area contributed by atoms with Crippen LogP contribution in [0.5, 0.6) is 11.5 Å². The molecule has 0 unspecified atom stereocenters. The Labute approximate surface area is 144 Å². The molecule has 2 aromatic rings. The number of benzene rings is 1. The Morgan fingerprint density at radius 1 is 1.28 bits per heavy atom. The summed E-state index contributed by atoms with van der Waals surface area (Å²) >= 11 is 0. The van der Waals surface area contributed by atoms with Crippen LogP contribution in [-0.4, -0.2) is 38.2 Å². The van der Waals surface area contributed by atoms with Crippen molar-refractivity contribution >= 4 is 0 Å². The van der Waals surface area contributed by atoms with Crippen LogP contribution in [0.3, 0.4) is 0 Å². The van der Waals surface area contributed by atoms with Crippen molar-refractivity contribution in [3.05, 3.63) is 45.9 Å². The molecule has 7 heteroatoms. The van der Waals surface area contributed by atoms with Gasteiger partial charge in [0.05, 0.1) is 20.3 Å². The summed E-state index contributed by atoms with van der Waals surface area (Å²) in [7, 11) is 1.54. The molecule has 1 fully saturated rings. The monoisotopic (exact) mass is 342 g/mol. The van der Waals surface area contributed by atoms with Crippen molar-refractivity contribution < 1.29 is 18.9 Å². The summed E-state index contributed by atoms with van der Waals surface area (Å²) in [6, 6.07) is 8.97. The summed E-state index contributed by atoms with van der Waals surface area (Å²) in [6.45, 7) is 3.08. The fourth-order valence-electron chi connectivity index (χ4n) is 2.65. The number of H-pyrrole nitrogens is 1. The predicted molar refractivity (Wildman–Crippen MR) is 89.7 cm³/mol. The number of ether oxygens (including phenoxy) is 4. The Kier molecular flexibility index (Phi) is 5.03. The second kappa shape index (κ2) is 7.38. The van der Waals surface area contributed by atoms with Gasteiger partial charge >= 0.3 is 0 Å². The van der Waals surface area contributed by atoms with Crippen molar-refractivity contribution in [1.29, 1.82) is 5.26 Å². The second-order valence-corrected chi connectivity index (χ2v) is 5.53. The smallest absolute Gasteiger partial charge is 0.266 e. The lowest BCUT2D eigenvalue weighted by Gasteiger charge is -2.15. The van der Waals surface area contributed by atoms with E-state index >= 15 is 0 Å². The maximum Gasteiger partial charge on any atom is 0.266 e.